The monoisotopic (exact) mass is 1540 g/mol. The SMILES string of the molecule is CCCCCCCCCCCCCCCCCC[C@@H](O)C(=O)N[C@@H](CO[C@@H]1O[C@H](CO)[C@@H](O[C@@H]2O[C@H](CO)[C@H](O[C@]3(C(=O)O)C[C@H](O[C@H]4O[C@H](CO)[C@H](O)[C@H](O[C@@H]5O[C@@H]([C@H](O)CO)[C@H](O)[C@H]5O)[C@H]4O)[C@@H](NC(C)=O)[C@H]([C@H](O)[C@H](O)CO)O3)[C@H](O)[C@H]2O)[C@H](O)[C@H]1O)[C@H](O)[C@H](O)CCCCCCCCCCCC. The van der Waals surface area contributed by atoms with Crippen LogP contribution in [0.1, 0.15) is 207 Å². The van der Waals surface area contributed by atoms with Crippen LogP contribution < -0.4 is 10.6 Å². The van der Waals surface area contributed by atoms with Gasteiger partial charge in [0.1, 0.15) is 128 Å². The number of ether oxygens (including phenoxy) is 10. The van der Waals surface area contributed by atoms with Gasteiger partial charge in [-0.05, 0) is 12.8 Å². The molecule has 0 unspecified atom stereocenters. The van der Waals surface area contributed by atoms with Crippen LogP contribution in [0.2, 0.25) is 0 Å². The molecule has 0 aromatic carbocycles. The molecule has 0 radical (unpaired) electrons. The van der Waals surface area contributed by atoms with Crippen LogP contribution >= 0.6 is 0 Å². The summed E-state index contributed by atoms with van der Waals surface area (Å²) in [6, 6.07) is -3.33. The minimum absolute atomic E-state index is 0.0965. The van der Waals surface area contributed by atoms with Crippen molar-refractivity contribution in [2.75, 3.05) is 39.6 Å². The number of carboxylic acids is 1. The third-order valence-electron chi connectivity index (χ3n) is 20.7. The highest BCUT2D eigenvalue weighted by molar-refractivity contribution is 5.80. The van der Waals surface area contributed by atoms with Gasteiger partial charge in [0.15, 0.2) is 25.2 Å². The summed E-state index contributed by atoms with van der Waals surface area (Å²) in [4.78, 5) is 40.3. The zero-order valence-electron chi connectivity index (χ0n) is 61.7. The lowest BCUT2D eigenvalue weighted by molar-refractivity contribution is -0.392. The number of carbonyl (C=O) groups excluding carboxylic acids is 2. The number of aliphatic hydroxyl groups excluding tert-OH is 19. The number of aliphatic carboxylic acids is 1. The molecule has 0 aliphatic carbocycles. The van der Waals surface area contributed by atoms with Gasteiger partial charge in [0.2, 0.25) is 11.8 Å². The molecular formula is C71H130N2O33. The number of carbonyl (C=O) groups is 3. The Morgan fingerprint density at radius 3 is 1.42 bits per heavy atom. The first-order chi connectivity index (χ1) is 50.7. The van der Waals surface area contributed by atoms with Gasteiger partial charge >= 0.3 is 5.97 Å². The second kappa shape index (κ2) is 49.0. The molecule has 22 N–H and O–H groups in total. The van der Waals surface area contributed by atoms with Crippen LogP contribution in [0.25, 0.3) is 0 Å². The van der Waals surface area contributed by atoms with Gasteiger partial charge in [0, 0.05) is 13.3 Å². The lowest BCUT2D eigenvalue weighted by atomic mass is 9.87. The van der Waals surface area contributed by atoms with E-state index in [0.29, 0.717) is 12.8 Å². The Morgan fingerprint density at radius 1 is 0.472 bits per heavy atom. The molecule has 35 heteroatoms. The van der Waals surface area contributed by atoms with E-state index in [1.807, 2.05) is 0 Å². The van der Waals surface area contributed by atoms with E-state index in [4.69, 9.17) is 47.4 Å². The van der Waals surface area contributed by atoms with Gasteiger partial charge in [-0.1, -0.05) is 181 Å². The smallest absolute Gasteiger partial charge is 0.364 e. The molecule has 5 aliphatic rings. The molecule has 0 aromatic rings. The Labute approximate surface area is 620 Å². The predicted octanol–water partition coefficient (Wildman–Crippen LogP) is -3.02. The molecule has 30 atom stereocenters. The summed E-state index contributed by atoms with van der Waals surface area (Å²) < 4.78 is 58.1. The van der Waals surface area contributed by atoms with Crippen LogP contribution in [-0.2, 0) is 61.8 Å². The molecule has 0 bridgehead atoms. The maximum absolute atomic E-state index is 13.8. The van der Waals surface area contributed by atoms with E-state index in [1.54, 1.807) is 0 Å². The van der Waals surface area contributed by atoms with E-state index in [1.165, 1.54) is 83.5 Å². The molecule has 35 nitrogen and oxygen atoms in total. The van der Waals surface area contributed by atoms with Crippen molar-refractivity contribution in [3.63, 3.8) is 0 Å². The third kappa shape index (κ3) is 27.8. The number of carboxylic acid groups (broad SMARTS) is 1. The van der Waals surface area contributed by atoms with Crippen molar-refractivity contribution in [1.29, 1.82) is 0 Å². The highest BCUT2D eigenvalue weighted by Crippen LogP contribution is 2.41. The largest absolute Gasteiger partial charge is 0.477 e. The van der Waals surface area contributed by atoms with Crippen molar-refractivity contribution in [2.45, 2.75) is 390 Å². The van der Waals surface area contributed by atoms with Crippen molar-refractivity contribution in [2.24, 2.45) is 0 Å². The predicted molar refractivity (Wildman–Crippen MR) is 370 cm³/mol. The van der Waals surface area contributed by atoms with E-state index < -0.39 is 247 Å². The van der Waals surface area contributed by atoms with Crippen molar-refractivity contribution >= 4 is 17.8 Å². The van der Waals surface area contributed by atoms with E-state index in [2.05, 4.69) is 24.5 Å². The Hall–Kier alpha value is -2.75. The van der Waals surface area contributed by atoms with Crippen LogP contribution in [0.3, 0.4) is 0 Å². The first-order valence-electron chi connectivity index (χ1n) is 38.6. The molecule has 5 saturated heterocycles. The van der Waals surface area contributed by atoms with E-state index in [0.717, 1.165) is 77.6 Å². The topological polar surface area (TPSA) is 572 Å². The number of hydrogen-bond donors (Lipinski definition) is 22. The minimum Gasteiger partial charge on any atom is -0.477 e. The van der Waals surface area contributed by atoms with Gasteiger partial charge in [-0.15, -0.1) is 0 Å². The number of nitrogens with one attached hydrogen (secondary N) is 2. The molecule has 2 amide bonds. The van der Waals surface area contributed by atoms with Gasteiger partial charge in [-0.25, -0.2) is 4.79 Å². The fraction of sp³-hybridized carbons (Fsp3) is 0.958. The fourth-order valence-electron chi connectivity index (χ4n) is 14.3. The lowest BCUT2D eigenvalue weighted by Crippen LogP contribution is -2.72. The standard InChI is InChI=1S/C71H130N2O33/c1-4-6-8-10-12-14-16-17-18-19-20-21-23-25-27-29-31-42(81)65(94)73-40(50(84)41(80)30-28-26-24-22-15-13-11-9-7-5-2)38-97-66-56(90)54(88)61(47(36-77)100-66)103-67-58(92)55(89)62(48(37-78)101-67)105-71(70(95)96)32-45(49(72-39(3)79)63(106-71)51(85)43(82)33-74)98-69-59(93)64(52(86)46(35-76)99-69)104-68-57(91)53(87)60(102-68)44(83)34-75/h40-64,66-69,74-78,80-93H,4-38H2,1-3H3,(H,72,79)(H,73,94)(H,95,96)/t40-,41+,42+,43+,44+,45-,46+,47+,48+,49+,50-,51+,52-,53+,54+,55+,56+,57+,58+,59+,60-,61+,62-,63+,64-,66+,67-,68-,69-,71+/m0/s1. The van der Waals surface area contributed by atoms with Gasteiger partial charge < -0.3 is 160 Å². The molecule has 0 saturated carbocycles. The molecular weight excluding hydrogens is 1410 g/mol. The molecule has 0 aromatic heterocycles. The maximum Gasteiger partial charge on any atom is 0.364 e. The highest BCUT2D eigenvalue weighted by atomic mass is 16.8. The van der Waals surface area contributed by atoms with Crippen molar-refractivity contribution < 1.29 is 164 Å². The second-order valence-electron chi connectivity index (χ2n) is 29.2. The zero-order chi connectivity index (χ0) is 78.2. The number of hydrogen-bond acceptors (Lipinski definition) is 32. The fourth-order valence-corrected chi connectivity index (χ4v) is 14.3. The summed E-state index contributed by atoms with van der Waals surface area (Å²) >= 11 is 0. The number of amides is 2. The molecule has 5 rings (SSSR count). The maximum atomic E-state index is 13.8. The average molecular weight is 1540 g/mol. The Kier molecular flexibility index (Phi) is 43.4. The van der Waals surface area contributed by atoms with E-state index in [-0.39, 0.29) is 12.8 Å². The number of aliphatic hydroxyl groups is 19. The summed E-state index contributed by atoms with van der Waals surface area (Å²) in [6.07, 6.45) is -27.2. The number of rotatable bonds is 53. The molecule has 106 heavy (non-hydrogen) atoms. The second-order valence-corrected chi connectivity index (χ2v) is 29.2. The van der Waals surface area contributed by atoms with Crippen LogP contribution in [0.4, 0.5) is 0 Å². The summed E-state index contributed by atoms with van der Waals surface area (Å²) in [5.41, 5.74) is 0. The summed E-state index contributed by atoms with van der Waals surface area (Å²) in [7, 11) is 0. The van der Waals surface area contributed by atoms with Crippen LogP contribution in [-0.4, -0.2) is 343 Å². The molecule has 0 spiro atoms. The Balaban J connectivity index is 1.28. The van der Waals surface area contributed by atoms with Crippen LogP contribution in [0, 0.1) is 0 Å². The first kappa shape index (κ1) is 93.8. The number of unbranched alkanes of at least 4 members (excludes halogenated alkanes) is 24. The third-order valence-corrected chi connectivity index (χ3v) is 20.7. The van der Waals surface area contributed by atoms with Crippen molar-refractivity contribution in [1.82, 2.24) is 10.6 Å². The Bertz CT molecular complexity index is 2400. The van der Waals surface area contributed by atoms with Crippen LogP contribution in [0.5, 0.6) is 0 Å². The van der Waals surface area contributed by atoms with Crippen LogP contribution in [0.15, 0.2) is 0 Å². The van der Waals surface area contributed by atoms with E-state index in [9.17, 15) is 117 Å². The molecule has 5 fully saturated rings. The highest BCUT2D eigenvalue weighted by Gasteiger charge is 2.62. The Morgan fingerprint density at radius 2 is 0.915 bits per heavy atom. The van der Waals surface area contributed by atoms with Gasteiger partial charge in [0.25, 0.3) is 5.79 Å². The molecule has 622 valence electrons. The summed E-state index contributed by atoms with van der Waals surface area (Å²) in [6.45, 7) is -0.924. The molecule has 5 heterocycles. The zero-order valence-corrected chi connectivity index (χ0v) is 61.7. The van der Waals surface area contributed by atoms with Gasteiger partial charge in [-0.3, -0.25) is 9.59 Å². The average Bonchev–Trinajstić information content (AvgIpc) is 0.812. The first-order valence-corrected chi connectivity index (χ1v) is 38.6. The summed E-state index contributed by atoms with van der Waals surface area (Å²) in [5.74, 6) is -7.34. The van der Waals surface area contributed by atoms with E-state index >= 15 is 0 Å². The normalized spacial score (nSPS) is 34.9. The van der Waals surface area contributed by atoms with Crippen molar-refractivity contribution in [3.8, 4) is 0 Å². The minimum atomic E-state index is -3.37. The molecule has 5 aliphatic heterocycles. The lowest BCUT2D eigenvalue weighted by Gasteiger charge is -2.52. The van der Waals surface area contributed by atoms with Crippen molar-refractivity contribution in [3.05, 3.63) is 0 Å². The quantitative estimate of drug-likeness (QED) is 0.0270. The summed E-state index contributed by atoms with van der Waals surface area (Å²) in [5, 5.41) is 225. The van der Waals surface area contributed by atoms with Gasteiger partial charge in [-0.2, -0.15) is 0 Å². The van der Waals surface area contributed by atoms with Gasteiger partial charge in [0.05, 0.1) is 63.9 Å².